The summed E-state index contributed by atoms with van der Waals surface area (Å²) in [6, 6.07) is 15.9. The molecule has 1 saturated heterocycles. The summed E-state index contributed by atoms with van der Waals surface area (Å²) in [7, 11) is -3.84. The van der Waals surface area contributed by atoms with Crippen LogP contribution < -0.4 is 14.9 Å². The Balaban J connectivity index is 1.58. The predicted molar refractivity (Wildman–Crippen MR) is 115 cm³/mol. The lowest BCUT2D eigenvalue weighted by molar-refractivity contribution is 0.103. The van der Waals surface area contributed by atoms with Gasteiger partial charge in [0.05, 0.1) is 16.3 Å². The Bertz CT molecular complexity index is 1230. The fourth-order valence-electron chi connectivity index (χ4n) is 4.27. The molecule has 0 atom stereocenters. The molecule has 0 aliphatic carbocycles. The van der Waals surface area contributed by atoms with E-state index < -0.39 is 10.0 Å². The molecule has 2 aliphatic heterocycles. The summed E-state index contributed by atoms with van der Waals surface area (Å²) in [6.07, 6.45) is 3.42. The van der Waals surface area contributed by atoms with Gasteiger partial charge in [0.15, 0.2) is 0 Å². The smallest absolute Gasteiger partial charge is 0.262 e. The van der Waals surface area contributed by atoms with Crippen molar-refractivity contribution < 1.29 is 13.2 Å². The van der Waals surface area contributed by atoms with E-state index >= 15 is 0 Å². The van der Waals surface area contributed by atoms with E-state index in [-0.39, 0.29) is 10.8 Å². The molecule has 29 heavy (non-hydrogen) atoms. The maximum Gasteiger partial charge on any atom is 0.262 e. The molecule has 0 saturated carbocycles. The van der Waals surface area contributed by atoms with Crippen LogP contribution >= 0.6 is 0 Å². The van der Waals surface area contributed by atoms with E-state index in [0.29, 0.717) is 27.7 Å². The van der Waals surface area contributed by atoms with Crippen LogP contribution in [0, 0.1) is 0 Å². The zero-order valence-corrected chi connectivity index (χ0v) is 16.6. The molecule has 0 aromatic heterocycles. The molecular formula is C22H21N3O3S. The van der Waals surface area contributed by atoms with Gasteiger partial charge in [-0.1, -0.05) is 24.3 Å². The summed E-state index contributed by atoms with van der Waals surface area (Å²) in [6.45, 7) is 1.85. The number of nitrogens with one attached hydrogen (secondary N) is 2. The van der Waals surface area contributed by atoms with Crippen molar-refractivity contribution in [3.05, 3.63) is 60.2 Å². The number of sulfonamides is 1. The first-order chi connectivity index (χ1) is 14.0. The van der Waals surface area contributed by atoms with Crippen LogP contribution in [0.1, 0.15) is 29.6 Å². The Labute approximate surface area is 169 Å². The zero-order chi connectivity index (χ0) is 20.0. The van der Waals surface area contributed by atoms with E-state index in [2.05, 4.69) is 14.9 Å². The van der Waals surface area contributed by atoms with Gasteiger partial charge in [0.1, 0.15) is 0 Å². The van der Waals surface area contributed by atoms with Crippen molar-refractivity contribution in [1.29, 1.82) is 0 Å². The molecule has 0 bridgehead atoms. The Kier molecular flexibility index (Phi) is 4.20. The lowest BCUT2D eigenvalue weighted by Crippen LogP contribution is -2.30. The van der Waals surface area contributed by atoms with E-state index in [9.17, 15) is 13.2 Å². The average Bonchev–Trinajstić information content (AvgIpc) is 3.06. The van der Waals surface area contributed by atoms with Crippen molar-refractivity contribution >= 4 is 43.8 Å². The third kappa shape index (κ3) is 3.02. The van der Waals surface area contributed by atoms with Gasteiger partial charge in [0.2, 0.25) is 0 Å². The molecule has 1 fully saturated rings. The average molecular weight is 407 g/mol. The first kappa shape index (κ1) is 18.0. The number of carbonyl (C=O) groups is 1. The van der Waals surface area contributed by atoms with Crippen molar-refractivity contribution in [2.75, 3.05) is 28.0 Å². The number of hydrogen-bond acceptors (Lipinski definition) is 4. The second kappa shape index (κ2) is 6.77. The number of benzene rings is 3. The van der Waals surface area contributed by atoms with Gasteiger partial charge in [-0.3, -0.25) is 9.52 Å². The summed E-state index contributed by atoms with van der Waals surface area (Å²) in [5.74, 6) is -0.205. The molecule has 6 nitrogen and oxygen atoms in total. The molecular weight excluding hydrogens is 386 g/mol. The first-order valence-corrected chi connectivity index (χ1v) is 11.3. The van der Waals surface area contributed by atoms with Gasteiger partial charge < -0.3 is 10.2 Å². The highest BCUT2D eigenvalue weighted by Gasteiger charge is 2.27. The van der Waals surface area contributed by atoms with Crippen molar-refractivity contribution in [2.45, 2.75) is 24.2 Å². The Morgan fingerprint density at radius 1 is 0.897 bits per heavy atom. The highest BCUT2D eigenvalue weighted by molar-refractivity contribution is 7.93. The molecule has 1 amide bonds. The molecule has 3 aromatic carbocycles. The third-order valence-corrected chi connectivity index (χ3v) is 7.05. The second-order valence-corrected chi connectivity index (χ2v) is 9.11. The Hall–Kier alpha value is -3.06. The van der Waals surface area contributed by atoms with Gasteiger partial charge in [-0.25, -0.2) is 8.42 Å². The minimum absolute atomic E-state index is 0.169. The molecule has 5 rings (SSSR count). The lowest BCUT2D eigenvalue weighted by atomic mass is 10.1. The van der Waals surface area contributed by atoms with Crippen LogP contribution in [0.15, 0.2) is 59.5 Å². The maximum absolute atomic E-state index is 13.3. The minimum Gasteiger partial charge on any atom is -0.370 e. The fraction of sp³-hybridized carbons (Fsp3) is 0.227. The third-order valence-electron chi connectivity index (χ3n) is 5.63. The van der Waals surface area contributed by atoms with Crippen LogP contribution in [0.2, 0.25) is 0 Å². The fourth-order valence-corrected chi connectivity index (χ4v) is 5.55. The summed E-state index contributed by atoms with van der Waals surface area (Å²) in [5, 5.41) is 3.99. The highest BCUT2D eigenvalue weighted by atomic mass is 32.2. The molecule has 2 N–H and O–H groups in total. The standard InChI is InChI=1S/C22H21N3O3S/c26-22-16-8-6-7-15-20(12-11-18(23-22)21(15)16)29(27,28)24-17-9-2-3-10-19(17)25-13-4-1-5-14-25/h2-3,6-12,24H,1,4-5,13-14H2,(H,23,26). The summed E-state index contributed by atoms with van der Waals surface area (Å²) < 4.78 is 29.5. The topological polar surface area (TPSA) is 78.5 Å². The van der Waals surface area contributed by atoms with Crippen LogP contribution in [0.25, 0.3) is 10.8 Å². The van der Waals surface area contributed by atoms with E-state index in [1.807, 2.05) is 18.2 Å². The zero-order valence-electron chi connectivity index (χ0n) is 15.8. The molecule has 0 unspecified atom stereocenters. The van der Waals surface area contributed by atoms with E-state index in [1.165, 1.54) is 6.42 Å². The minimum atomic E-state index is -3.84. The number of amides is 1. The number of hydrogen-bond donors (Lipinski definition) is 2. The highest BCUT2D eigenvalue weighted by Crippen LogP contribution is 2.38. The maximum atomic E-state index is 13.3. The number of anilines is 3. The number of nitrogens with zero attached hydrogens (tertiary/aromatic N) is 1. The van der Waals surface area contributed by atoms with Crippen LogP contribution in [-0.2, 0) is 10.0 Å². The SMILES string of the molecule is O=C1Nc2ccc(S(=O)(=O)Nc3ccccc3N3CCCCC3)c3cccc1c23. The number of carbonyl (C=O) groups excluding carboxylic acids is 1. The summed E-state index contributed by atoms with van der Waals surface area (Å²) in [5.41, 5.74) is 2.63. The van der Waals surface area contributed by atoms with Gasteiger partial charge in [0.25, 0.3) is 15.9 Å². The molecule has 2 aliphatic rings. The van der Waals surface area contributed by atoms with Crippen molar-refractivity contribution in [3.63, 3.8) is 0 Å². The van der Waals surface area contributed by atoms with E-state index in [1.54, 1.807) is 36.4 Å². The second-order valence-electron chi connectivity index (χ2n) is 7.46. The van der Waals surface area contributed by atoms with E-state index in [4.69, 9.17) is 0 Å². The molecule has 2 heterocycles. The quantitative estimate of drug-likeness (QED) is 0.680. The van der Waals surface area contributed by atoms with Crippen LogP contribution in [-0.4, -0.2) is 27.4 Å². The Morgan fingerprint density at radius 3 is 2.52 bits per heavy atom. The molecule has 7 heteroatoms. The lowest BCUT2D eigenvalue weighted by Gasteiger charge is -2.30. The van der Waals surface area contributed by atoms with E-state index in [0.717, 1.165) is 31.6 Å². The van der Waals surface area contributed by atoms with Crippen LogP contribution in [0.5, 0.6) is 0 Å². The molecule has 0 radical (unpaired) electrons. The molecule has 148 valence electrons. The van der Waals surface area contributed by atoms with Crippen molar-refractivity contribution in [1.82, 2.24) is 0 Å². The van der Waals surface area contributed by atoms with Crippen molar-refractivity contribution in [3.8, 4) is 0 Å². The predicted octanol–water partition coefficient (Wildman–Crippen LogP) is 4.20. The van der Waals surface area contributed by atoms with Crippen LogP contribution in [0.4, 0.5) is 17.1 Å². The monoisotopic (exact) mass is 407 g/mol. The largest absolute Gasteiger partial charge is 0.370 e. The van der Waals surface area contributed by atoms with Gasteiger partial charge in [-0.05, 0) is 49.6 Å². The number of para-hydroxylation sites is 2. The molecule has 3 aromatic rings. The van der Waals surface area contributed by atoms with Gasteiger partial charge >= 0.3 is 0 Å². The van der Waals surface area contributed by atoms with Gasteiger partial charge in [-0.2, -0.15) is 0 Å². The molecule has 0 spiro atoms. The van der Waals surface area contributed by atoms with Crippen LogP contribution in [0.3, 0.4) is 0 Å². The van der Waals surface area contributed by atoms with Gasteiger partial charge in [-0.15, -0.1) is 0 Å². The summed E-state index contributed by atoms with van der Waals surface area (Å²) >= 11 is 0. The van der Waals surface area contributed by atoms with Gasteiger partial charge in [0, 0.05) is 35.1 Å². The summed E-state index contributed by atoms with van der Waals surface area (Å²) in [4.78, 5) is 14.5. The Morgan fingerprint density at radius 2 is 1.69 bits per heavy atom. The number of piperidine rings is 1. The van der Waals surface area contributed by atoms with Crippen molar-refractivity contribution in [2.24, 2.45) is 0 Å². The first-order valence-electron chi connectivity index (χ1n) is 9.78. The number of rotatable bonds is 4. The normalized spacial score (nSPS) is 16.1.